The standard InChI is InChI=1S/C16H18N4O2S/c1-10(2)7-14(21)17-15-18-16-20(19-15)13(9-23-16)11-5-4-6-12(8-11)22-3/h4-6,8-10H,7H2,1-3H3,(H,17,19,21). The highest BCUT2D eigenvalue weighted by Gasteiger charge is 2.14. The highest BCUT2D eigenvalue weighted by molar-refractivity contribution is 7.15. The average molecular weight is 330 g/mol. The van der Waals surface area contributed by atoms with Gasteiger partial charge in [0.05, 0.1) is 12.8 Å². The molecule has 3 rings (SSSR count). The number of methoxy groups -OCH3 is 1. The van der Waals surface area contributed by atoms with Gasteiger partial charge in [0, 0.05) is 17.4 Å². The van der Waals surface area contributed by atoms with Crippen LogP contribution in [0.2, 0.25) is 0 Å². The van der Waals surface area contributed by atoms with Gasteiger partial charge >= 0.3 is 0 Å². The van der Waals surface area contributed by atoms with E-state index in [4.69, 9.17) is 4.74 Å². The van der Waals surface area contributed by atoms with Gasteiger partial charge in [-0.3, -0.25) is 10.1 Å². The van der Waals surface area contributed by atoms with Gasteiger partial charge in [-0.25, -0.2) is 4.52 Å². The number of hydrogen-bond acceptors (Lipinski definition) is 5. The molecule has 7 heteroatoms. The lowest BCUT2D eigenvalue weighted by Gasteiger charge is -2.03. The first-order chi connectivity index (χ1) is 11.1. The third kappa shape index (κ3) is 3.34. The second kappa shape index (κ2) is 6.37. The SMILES string of the molecule is COc1cccc(-c2csc3nc(NC(=O)CC(C)C)nn23)c1. The third-order valence-electron chi connectivity index (χ3n) is 3.29. The van der Waals surface area contributed by atoms with Crippen molar-refractivity contribution in [1.82, 2.24) is 14.6 Å². The zero-order valence-corrected chi connectivity index (χ0v) is 14.1. The van der Waals surface area contributed by atoms with Crippen molar-refractivity contribution in [3.8, 4) is 17.0 Å². The van der Waals surface area contributed by atoms with E-state index in [1.54, 1.807) is 11.6 Å². The van der Waals surface area contributed by atoms with Crippen LogP contribution in [-0.2, 0) is 4.79 Å². The van der Waals surface area contributed by atoms with E-state index in [2.05, 4.69) is 15.4 Å². The van der Waals surface area contributed by atoms with Crippen LogP contribution in [0.1, 0.15) is 20.3 Å². The molecule has 2 heterocycles. The fraction of sp³-hybridized carbons (Fsp3) is 0.312. The van der Waals surface area contributed by atoms with E-state index in [1.165, 1.54) is 11.3 Å². The van der Waals surface area contributed by atoms with Gasteiger partial charge in [0.25, 0.3) is 0 Å². The molecule has 3 aromatic rings. The number of rotatable bonds is 5. The molecule has 0 saturated heterocycles. The fourth-order valence-electron chi connectivity index (χ4n) is 2.26. The van der Waals surface area contributed by atoms with Crippen LogP contribution in [0.4, 0.5) is 5.95 Å². The highest BCUT2D eigenvalue weighted by Crippen LogP contribution is 2.28. The molecule has 1 amide bonds. The van der Waals surface area contributed by atoms with E-state index in [-0.39, 0.29) is 5.91 Å². The van der Waals surface area contributed by atoms with Crippen molar-refractivity contribution in [2.75, 3.05) is 12.4 Å². The van der Waals surface area contributed by atoms with Crippen molar-refractivity contribution in [2.45, 2.75) is 20.3 Å². The summed E-state index contributed by atoms with van der Waals surface area (Å²) in [6.07, 6.45) is 0.454. The normalized spacial score (nSPS) is 11.1. The Morgan fingerprint density at radius 3 is 3.00 bits per heavy atom. The molecular formula is C16H18N4O2S. The lowest BCUT2D eigenvalue weighted by molar-refractivity contribution is -0.116. The van der Waals surface area contributed by atoms with Crippen LogP contribution in [0, 0.1) is 5.92 Å². The van der Waals surface area contributed by atoms with Gasteiger partial charge < -0.3 is 4.74 Å². The highest BCUT2D eigenvalue weighted by atomic mass is 32.1. The summed E-state index contributed by atoms with van der Waals surface area (Å²) in [5, 5.41) is 9.13. The van der Waals surface area contributed by atoms with Gasteiger partial charge in [-0.15, -0.1) is 16.4 Å². The minimum Gasteiger partial charge on any atom is -0.497 e. The number of carbonyl (C=O) groups is 1. The van der Waals surface area contributed by atoms with E-state index >= 15 is 0 Å². The van der Waals surface area contributed by atoms with Crippen molar-refractivity contribution >= 4 is 28.2 Å². The maximum Gasteiger partial charge on any atom is 0.250 e. The maximum absolute atomic E-state index is 11.8. The van der Waals surface area contributed by atoms with Crippen LogP contribution in [0.3, 0.4) is 0 Å². The summed E-state index contributed by atoms with van der Waals surface area (Å²) in [6, 6.07) is 7.76. The van der Waals surface area contributed by atoms with Crippen molar-refractivity contribution in [2.24, 2.45) is 5.92 Å². The van der Waals surface area contributed by atoms with Crippen molar-refractivity contribution in [1.29, 1.82) is 0 Å². The second-order valence-corrected chi connectivity index (χ2v) is 6.47. The minimum absolute atomic E-state index is 0.0683. The van der Waals surface area contributed by atoms with Crippen LogP contribution in [-0.4, -0.2) is 27.6 Å². The zero-order valence-electron chi connectivity index (χ0n) is 13.2. The Bertz CT molecular complexity index is 838. The Kier molecular flexibility index (Phi) is 4.29. The van der Waals surface area contributed by atoms with Crippen LogP contribution < -0.4 is 10.1 Å². The number of benzene rings is 1. The zero-order chi connectivity index (χ0) is 16.4. The number of ether oxygens (including phenoxy) is 1. The van der Waals surface area contributed by atoms with Gasteiger partial charge in [0.2, 0.25) is 16.8 Å². The number of nitrogens with one attached hydrogen (secondary N) is 1. The van der Waals surface area contributed by atoms with E-state index < -0.39 is 0 Å². The van der Waals surface area contributed by atoms with Gasteiger partial charge in [0.1, 0.15) is 5.75 Å². The van der Waals surface area contributed by atoms with Gasteiger partial charge in [-0.05, 0) is 18.1 Å². The lowest BCUT2D eigenvalue weighted by Crippen LogP contribution is -2.14. The lowest BCUT2D eigenvalue weighted by atomic mass is 10.1. The molecule has 0 unspecified atom stereocenters. The number of nitrogens with zero attached hydrogens (tertiary/aromatic N) is 3. The summed E-state index contributed by atoms with van der Waals surface area (Å²) in [4.78, 5) is 16.9. The molecule has 0 aliphatic heterocycles. The Morgan fingerprint density at radius 2 is 2.26 bits per heavy atom. The molecule has 0 spiro atoms. The Hall–Kier alpha value is -2.41. The Balaban J connectivity index is 1.90. The summed E-state index contributed by atoms with van der Waals surface area (Å²) < 4.78 is 7.00. The topological polar surface area (TPSA) is 68.5 Å². The predicted octanol–water partition coefficient (Wildman–Crippen LogP) is 3.45. The molecule has 0 aliphatic rings. The predicted molar refractivity (Wildman–Crippen MR) is 90.9 cm³/mol. The molecule has 120 valence electrons. The molecule has 0 aliphatic carbocycles. The van der Waals surface area contributed by atoms with Gasteiger partial charge in [-0.1, -0.05) is 26.0 Å². The van der Waals surface area contributed by atoms with E-state index in [0.29, 0.717) is 18.3 Å². The number of anilines is 1. The fourth-order valence-corrected chi connectivity index (χ4v) is 3.09. The molecule has 0 radical (unpaired) electrons. The number of amides is 1. The molecule has 2 aromatic heterocycles. The van der Waals surface area contributed by atoms with Crippen molar-refractivity contribution in [3.63, 3.8) is 0 Å². The monoisotopic (exact) mass is 330 g/mol. The van der Waals surface area contributed by atoms with E-state index in [0.717, 1.165) is 22.0 Å². The summed E-state index contributed by atoms with van der Waals surface area (Å²) in [5.74, 6) is 1.35. The third-order valence-corrected chi connectivity index (χ3v) is 4.11. The minimum atomic E-state index is -0.0683. The molecule has 0 bridgehead atoms. The average Bonchev–Trinajstić information content (AvgIpc) is 3.06. The smallest absolute Gasteiger partial charge is 0.250 e. The second-order valence-electron chi connectivity index (χ2n) is 5.63. The molecule has 0 atom stereocenters. The number of carbonyl (C=O) groups excluding carboxylic acids is 1. The van der Waals surface area contributed by atoms with Crippen LogP contribution in [0.5, 0.6) is 5.75 Å². The van der Waals surface area contributed by atoms with Crippen molar-refractivity contribution in [3.05, 3.63) is 29.6 Å². The van der Waals surface area contributed by atoms with Gasteiger partial charge in [0.15, 0.2) is 0 Å². The van der Waals surface area contributed by atoms with Crippen LogP contribution in [0.25, 0.3) is 16.2 Å². The molecule has 0 fully saturated rings. The summed E-state index contributed by atoms with van der Waals surface area (Å²) in [7, 11) is 1.64. The molecule has 6 nitrogen and oxygen atoms in total. The van der Waals surface area contributed by atoms with Crippen LogP contribution >= 0.6 is 11.3 Å². The quantitative estimate of drug-likeness (QED) is 0.778. The number of hydrogen-bond donors (Lipinski definition) is 1. The number of aromatic nitrogens is 3. The van der Waals surface area contributed by atoms with Crippen molar-refractivity contribution < 1.29 is 9.53 Å². The van der Waals surface area contributed by atoms with E-state index in [1.807, 2.05) is 43.5 Å². The first kappa shape index (κ1) is 15.5. The largest absolute Gasteiger partial charge is 0.497 e. The summed E-state index contributed by atoms with van der Waals surface area (Å²) in [5.41, 5.74) is 1.90. The first-order valence-corrected chi connectivity index (χ1v) is 8.23. The first-order valence-electron chi connectivity index (χ1n) is 7.35. The number of fused-ring (bicyclic) bond motifs is 1. The molecule has 0 saturated carbocycles. The Morgan fingerprint density at radius 1 is 1.43 bits per heavy atom. The number of thiazole rings is 1. The molecule has 23 heavy (non-hydrogen) atoms. The van der Waals surface area contributed by atoms with E-state index in [9.17, 15) is 4.79 Å². The molecule has 1 aromatic carbocycles. The maximum atomic E-state index is 11.8. The molecule has 1 N–H and O–H groups in total. The summed E-state index contributed by atoms with van der Waals surface area (Å²) in [6.45, 7) is 4.00. The van der Waals surface area contributed by atoms with Crippen LogP contribution in [0.15, 0.2) is 29.6 Å². The Labute approximate surface area is 138 Å². The van der Waals surface area contributed by atoms with Gasteiger partial charge in [-0.2, -0.15) is 4.98 Å². The summed E-state index contributed by atoms with van der Waals surface area (Å²) >= 11 is 1.48. The molecular weight excluding hydrogens is 312 g/mol.